The number of nitrogens with two attached hydrogens (primary N) is 1. The average molecular weight is 330 g/mol. The van der Waals surface area contributed by atoms with Crippen molar-refractivity contribution in [3.63, 3.8) is 0 Å². The van der Waals surface area contributed by atoms with Crippen LogP contribution >= 0.6 is 0 Å². The Hall–Kier alpha value is -3.03. The topological polar surface area (TPSA) is 108 Å². The maximum Gasteiger partial charge on any atom is 0.255 e. The Bertz CT molecular complexity index is 799. The zero-order valence-corrected chi connectivity index (χ0v) is 13.4. The van der Waals surface area contributed by atoms with Gasteiger partial charge in [-0.2, -0.15) is 5.10 Å². The molecule has 8 heteroatoms. The molecule has 24 heavy (non-hydrogen) atoms. The van der Waals surface area contributed by atoms with Crippen molar-refractivity contribution in [2.24, 2.45) is 12.8 Å². The third-order valence-electron chi connectivity index (χ3n) is 3.95. The second-order valence-corrected chi connectivity index (χ2v) is 5.54. The second kappa shape index (κ2) is 6.23. The maximum atomic E-state index is 12.0. The van der Waals surface area contributed by atoms with Gasteiger partial charge in [-0.3, -0.25) is 14.3 Å². The Morgan fingerprint density at radius 3 is 2.96 bits per heavy atom. The summed E-state index contributed by atoms with van der Waals surface area (Å²) in [6.45, 7) is -0.247. The molecule has 0 bridgehead atoms. The summed E-state index contributed by atoms with van der Waals surface area (Å²) in [5.74, 6) is 0.786. The Kier molecular flexibility index (Phi) is 4.11. The third-order valence-corrected chi connectivity index (χ3v) is 3.95. The fourth-order valence-corrected chi connectivity index (χ4v) is 2.81. The number of nitrogens with one attached hydrogen (secondary N) is 1. The standard InChI is InChI=1S/C16H18N4O4/c1-20-16-11(7-18-20)10(6-15(22)19-16)9-3-4-12(23-2)13(5-9)24-8-14(17)21/h3-5,7,10H,6,8H2,1-2H3,(H2,17,21)(H,19,22)/t10-/m0/s1. The highest BCUT2D eigenvalue weighted by Gasteiger charge is 2.29. The molecular formula is C16H18N4O4. The van der Waals surface area contributed by atoms with Crippen LogP contribution in [0.25, 0.3) is 0 Å². The average Bonchev–Trinajstić information content (AvgIpc) is 2.93. The SMILES string of the molecule is COc1ccc([C@@H]2CC(=O)Nc3c2cnn3C)cc1OCC(N)=O. The van der Waals surface area contributed by atoms with E-state index < -0.39 is 5.91 Å². The molecule has 0 spiro atoms. The zero-order valence-electron chi connectivity index (χ0n) is 13.4. The van der Waals surface area contributed by atoms with E-state index in [-0.39, 0.29) is 18.4 Å². The van der Waals surface area contributed by atoms with Crippen LogP contribution in [0, 0.1) is 0 Å². The molecule has 0 fully saturated rings. The number of rotatable bonds is 5. The van der Waals surface area contributed by atoms with Crippen molar-refractivity contribution in [1.29, 1.82) is 0 Å². The second-order valence-electron chi connectivity index (χ2n) is 5.54. The molecule has 0 radical (unpaired) electrons. The molecule has 2 amide bonds. The molecule has 0 unspecified atom stereocenters. The molecule has 126 valence electrons. The van der Waals surface area contributed by atoms with Crippen LogP contribution in [-0.4, -0.2) is 35.3 Å². The summed E-state index contributed by atoms with van der Waals surface area (Å²) < 4.78 is 12.3. The number of anilines is 1. The van der Waals surface area contributed by atoms with Crippen molar-refractivity contribution in [3.05, 3.63) is 35.5 Å². The minimum absolute atomic E-state index is 0.0773. The summed E-state index contributed by atoms with van der Waals surface area (Å²) in [7, 11) is 3.29. The monoisotopic (exact) mass is 330 g/mol. The summed E-state index contributed by atoms with van der Waals surface area (Å²) in [4.78, 5) is 23.0. The van der Waals surface area contributed by atoms with E-state index in [1.54, 1.807) is 30.1 Å². The molecule has 3 rings (SSSR count). The van der Waals surface area contributed by atoms with E-state index in [4.69, 9.17) is 15.2 Å². The first-order valence-corrected chi connectivity index (χ1v) is 7.40. The van der Waals surface area contributed by atoms with E-state index in [2.05, 4.69) is 10.4 Å². The highest BCUT2D eigenvalue weighted by atomic mass is 16.5. The van der Waals surface area contributed by atoms with Gasteiger partial charge in [0.05, 0.1) is 13.3 Å². The quantitative estimate of drug-likeness (QED) is 0.841. The van der Waals surface area contributed by atoms with Crippen molar-refractivity contribution in [1.82, 2.24) is 9.78 Å². The van der Waals surface area contributed by atoms with Crippen molar-refractivity contribution in [3.8, 4) is 11.5 Å². The number of aromatic nitrogens is 2. The van der Waals surface area contributed by atoms with E-state index in [0.717, 1.165) is 11.1 Å². The summed E-state index contributed by atoms with van der Waals surface area (Å²) in [5, 5.41) is 7.04. The van der Waals surface area contributed by atoms with Crippen LogP contribution in [-0.2, 0) is 16.6 Å². The minimum Gasteiger partial charge on any atom is -0.493 e. The molecule has 1 atom stereocenters. The fourth-order valence-electron chi connectivity index (χ4n) is 2.81. The molecule has 1 aliphatic rings. The number of fused-ring (bicyclic) bond motifs is 1. The minimum atomic E-state index is -0.575. The molecule has 1 aromatic carbocycles. The highest BCUT2D eigenvalue weighted by Crippen LogP contribution is 2.39. The summed E-state index contributed by atoms with van der Waals surface area (Å²) in [6, 6.07) is 5.38. The first-order chi connectivity index (χ1) is 11.5. The van der Waals surface area contributed by atoms with Crippen LogP contribution in [0.2, 0.25) is 0 Å². The summed E-state index contributed by atoms with van der Waals surface area (Å²) >= 11 is 0. The molecule has 0 saturated carbocycles. The van der Waals surface area contributed by atoms with Gasteiger partial charge < -0.3 is 20.5 Å². The molecule has 8 nitrogen and oxygen atoms in total. The van der Waals surface area contributed by atoms with E-state index in [1.807, 2.05) is 6.07 Å². The van der Waals surface area contributed by atoms with Crippen molar-refractivity contribution >= 4 is 17.6 Å². The summed E-state index contributed by atoms with van der Waals surface area (Å²) in [6.07, 6.45) is 2.05. The molecule has 2 aromatic rings. The van der Waals surface area contributed by atoms with Crippen LogP contribution in [0.3, 0.4) is 0 Å². The molecule has 1 aromatic heterocycles. The van der Waals surface area contributed by atoms with Gasteiger partial charge in [-0.1, -0.05) is 6.07 Å². The normalized spacial score (nSPS) is 16.2. The lowest BCUT2D eigenvalue weighted by Gasteiger charge is -2.24. The van der Waals surface area contributed by atoms with Crippen molar-refractivity contribution < 1.29 is 19.1 Å². The number of carbonyl (C=O) groups is 2. The largest absolute Gasteiger partial charge is 0.493 e. The van der Waals surface area contributed by atoms with Gasteiger partial charge in [0.2, 0.25) is 5.91 Å². The number of amides is 2. The zero-order chi connectivity index (χ0) is 17.3. The molecular weight excluding hydrogens is 312 g/mol. The van der Waals surface area contributed by atoms with Gasteiger partial charge in [0.25, 0.3) is 5.91 Å². The summed E-state index contributed by atoms with van der Waals surface area (Å²) in [5.41, 5.74) is 6.94. The molecule has 3 N–H and O–H groups in total. The van der Waals surface area contributed by atoms with Crippen molar-refractivity contribution in [2.75, 3.05) is 19.0 Å². The number of aryl methyl sites for hydroxylation is 1. The molecule has 2 heterocycles. The van der Waals surface area contributed by atoms with Crippen LogP contribution in [0.1, 0.15) is 23.5 Å². The predicted molar refractivity (Wildman–Crippen MR) is 86.0 cm³/mol. The Morgan fingerprint density at radius 2 is 2.25 bits per heavy atom. The van der Waals surface area contributed by atoms with Crippen LogP contribution < -0.4 is 20.5 Å². The van der Waals surface area contributed by atoms with Gasteiger partial charge >= 0.3 is 0 Å². The van der Waals surface area contributed by atoms with E-state index >= 15 is 0 Å². The van der Waals surface area contributed by atoms with Gasteiger partial charge in [-0.15, -0.1) is 0 Å². The lowest BCUT2D eigenvalue weighted by atomic mass is 9.87. The predicted octanol–water partition coefficient (Wildman–Crippen LogP) is 0.767. The maximum absolute atomic E-state index is 12.0. The number of benzene rings is 1. The van der Waals surface area contributed by atoms with E-state index in [1.165, 1.54) is 7.11 Å². The number of primary amides is 1. The number of nitrogens with zero attached hydrogens (tertiary/aromatic N) is 2. The van der Waals surface area contributed by atoms with Crippen molar-refractivity contribution in [2.45, 2.75) is 12.3 Å². The molecule has 0 saturated heterocycles. The van der Waals surface area contributed by atoms with E-state index in [0.29, 0.717) is 23.7 Å². The number of methoxy groups -OCH3 is 1. The van der Waals surface area contributed by atoms with E-state index in [9.17, 15) is 9.59 Å². The van der Waals surface area contributed by atoms with Gasteiger partial charge in [-0.05, 0) is 17.7 Å². The molecule has 1 aliphatic heterocycles. The van der Waals surface area contributed by atoms with Crippen LogP contribution in [0.4, 0.5) is 5.82 Å². The molecule has 0 aliphatic carbocycles. The Labute approximate surface area is 138 Å². The lowest BCUT2D eigenvalue weighted by Crippen LogP contribution is -2.24. The fraction of sp³-hybridized carbons (Fsp3) is 0.312. The lowest BCUT2D eigenvalue weighted by molar-refractivity contribution is -0.120. The number of hydrogen-bond acceptors (Lipinski definition) is 5. The number of ether oxygens (including phenoxy) is 2. The van der Waals surface area contributed by atoms with Gasteiger partial charge in [-0.25, -0.2) is 0 Å². The Morgan fingerprint density at radius 1 is 1.46 bits per heavy atom. The van der Waals surface area contributed by atoms with Gasteiger partial charge in [0.15, 0.2) is 18.1 Å². The van der Waals surface area contributed by atoms with Crippen LogP contribution in [0.15, 0.2) is 24.4 Å². The van der Waals surface area contributed by atoms with Gasteiger partial charge in [0, 0.05) is 24.9 Å². The highest BCUT2D eigenvalue weighted by molar-refractivity contribution is 5.94. The van der Waals surface area contributed by atoms with Gasteiger partial charge in [0.1, 0.15) is 5.82 Å². The first-order valence-electron chi connectivity index (χ1n) is 7.40. The van der Waals surface area contributed by atoms with Crippen LogP contribution in [0.5, 0.6) is 11.5 Å². The Balaban J connectivity index is 1.98. The number of hydrogen-bond donors (Lipinski definition) is 2. The third kappa shape index (κ3) is 2.90. The smallest absolute Gasteiger partial charge is 0.255 e. The number of carbonyl (C=O) groups excluding carboxylic acids is 2. The first kappa shape index (κ1) is 15.9.